The molecule has 6 heteroatoms. The minimum atomic E-state index is -0.388. The molecule has 3 rings (SSSR count). The van der Waals surface area contributed by atoms with E-state index in [1.165, 1.54) is 6.92 Å². The molecule has 0 saturated heterocycles. The van der Waals surface area contributed by atoms with Crippen molar-refractivity contribution >= 4 is 11.9 Å². The highest BCUT2D eigenvalue weighted by Crippen LogP contribution is 2.33. The van der Waals surface area contributed by atoms with E-state index in [-0.39, 0.29) is 11.9 Å². The number of ether oxygens (including phenoxy) is 3. The van der Waals surface area contributed by atoms with Gasteiger partial charge in [0.15, 0.2) is 11.5 Å². The van der Waals surface area contributed by atoms with E-state index in [0.29, 0.717) is 35.9 Å². The molecule has 0 N–H and O–H groups in total. The summed E-state index contributed by atoms with van der Waals surface area (Å²) in [5.41, 5.74) is 2.78. The first-order valence-electron chi connectivity index (χ1n) is 8.33. The summed E-state index contributed by atoms with van der Waals surface area (Å²) in [6.07, 6.45) is 0.757. The Morgan fingerprint density at radius 3 is 2.15 bits per heavy atom. The van der Waals surface area contributed by atoms with Gasteiger partial charge in [-0.05, 0) is 53.9 Å². The maximum absolute atomic E-state index is 12.8. The van der Waals surface area contributed by atoms with Crippen molar-refractivity contribution in [3.8, 4) is 17.2 Å². The first-order chi connectivity index (χ1) is 12.5. The third-order valence-electron chi connectivity index (χ3n) is 4.37. The maximum Gasteiger partial charge on any atom is 0.308 e. The molecule has 0 aliphatic carbocycles. The fraction of sp³-hybridized carbons (Fsp3) is 0.300. The molecular weight excluding hydrogens is 334 g/mol. The van der Waals surface area contributed by atoms with Crippen molar-refractivity contribution in [2.45, 2.75) is 19.9 Å². The van der Waals surface area contributed by atoms with Crippen molar-refractivity contribution in [3.05, 3.63) is 53.1 Å². The molecule has 1 aliphatic heterocycles. The zero-order valence-corrected chi connectivity index (χ0v) is 15.1. The van der Waals surface area contributed by atoms with Crippen molar-refractivity contribution in [1.29, 1.82) is 0 Å². The number of fused-ring (bicyclic) bond motifs is 1. The summed E-state index contributed by atoms with van der Waals surface area (Å²) in [6.45, 7) is 2.49. The maximum atomic E-state index is 12.8. The molecule has 0 spiro atoms. The lowest BCUT2D eigenvalue weighted by Crippen LogP contribution is -2.36. The highest BCUT2D eigenvalue weighted by molar-refractivity contribution is 5.94. The highest BCUT2D eigenvalue weighted by Gasteiger charge is 2.23. The van der Waals surface area contributed by atoms with Gasteiger partial charge in [-0.1, -0.05) is 0 Å². The number of rotatable bonds is 4. The first-order valence-corrected chi connectivity index (χ1v) is 8.33. The van der Waals surface area contributed by atoms with E-state index in [2.05, 4.69) is 0 Å². The van der Waals surface area contributed by atoms with Gasteiger partial charge in [0.1, 0.15) is 5.75 Å². The van der Waals surface area contributed by atoms with Gasteiger partial charge in [-0.2, -0.15) is 0 Å². The van der Waals surface area contributed by atoms with Crippen LogP contribution in [0.15, 0.2) is 36.4 Å². The molecular formula is C20H21NO5. The zero-order chi connectivity index (χ0) is 18.7. The van der Waals surface area contributed by atoms with Gasteiger partial charge in [-0.15, -0.1) is 0 Å². The molecule has 136 valence electrons. The van der Waals surface area contributed by atoms with Crippen LogP contribution in [0.5, 0.6) is 17.2 Å². The molecule has 2 aromatic carbocycles. The number of esters is 1. The molecule has 0 aromatic heterocycles. The molecule has 0 radical (unpaired) electrons. The second-order valence-electron chi connectivity index (χ2n) is 6.07. The summed E-state index contributed by atoms with van der Waals surface area (Å²) in [4.78, 5) is 25.6. The van der Waals surface area contributed by atoms with Gasteiger partial charge >= 0.3 is 5.97 Å². The Morgan fingerprint density at radius 1 is 0.962 bits per heavy atom. The van der Waals surface area contributed by atoms with Crippen LogP contribution in [-0.2, 0) is 17.8 Å². The lowest BCUT2D eigenvalue weighted by atomic mass is 9.98. The molecule has 26 heavy (non-hydrogen) atoms. The number of hydrogen-bond acceptors (Lipinski definition) is 5. The summed E-state index contributed by atoms with van der Waals surface area (Å²) in [6, 6.07) is 10.5. The first kappa shape index (κ1) is 17.8. The predicted molar refractivity (Wildman–Crippen MR) is 95.7 cm³/mol. The Morgan fingerprint density at radius 2 is 1.58 bits per heavy atom. The van der Waals surface area contributed by atoms with Crippen molar-refractivity contribution in [1.82, 2.24) is 4.90 Å². The largest absolute Gasteiger partial charge is 0.493 e. The Kier molecular flexibility index (Phi) is 5.11. The van der Waals surface area contributed by atoms with E-state index in [4.69, 9.17) is 14.2 Å². The van der Waals surface area contributed by atoms with Crippen LogP contribution in [0.3, 0.4) is 0 Å². The van der Waals surface area contributed by atoms with Gasteiger partial charge in [-0.25, -0.2) is 0 Å². The Labute approximate surface area is 152 Å². The van der Waals surface area contributed by atoms with Gasteiger partial charge in [-0.3, -0.25) is 9.59 Å². The summed E-state index contributed by atoms with van der Waals surface area (Å²) in [5, 5.41) is 0. The van der Waals surface area contributed by atoms with Crippen LogP contribution in [0.1, 0.15) is 28.4 Å². The third-order valence-corrected chi connectivity index (χ3v) is 4.37. The van der Waals surface area contributed by atoms with E-state index < -0.39 is 0 Å². The van der Waals surface area contributed by atoms with E-state index in [0.717, 1.165) is 17.5 Å². The minimum Gasteiger partial charge on any atom is -0.493 e. The lowest BCUT2D eigenvalue weighted by molar-refractivity contribution is -0.131. The summed E-state index contributed by atoms with van der Waals surface area (Å²) < 4.78 is 15.7. The quantitative estimate of drug-likeness (QED) is 0.623. The molecule has 1 amide bonds. The molecule has 0 fully saturated rings. The van der Waals surface area contributed by atoms with Crippen LogP contribution in [0.25, 0.3) is 0 Å². The normalized spacial score (nSPS) is 13.0. The van der Waals surface area contributed by atoms with Crippen LogP contribution in [0.2, 0.25) is 0 Å². The van der Waals surface area contributed by atoms with Gasteiger partial charge < -0.3 is 19.1 Å². The number of amides is 1. The number of nitrogens with zero attached hydrogens (tertiary/aromatic N) is 1. The Balaban J connectivity index is 1.77. The van der Waals surface area contributed by atoms with Crippen LogP contribution < -0.4 is 14.2 Å². The Bertz CT molecular complexity index is 829. The molecule has 6 nitrogen and oxygen atoms in total. The number of benzene rings is 2. The van der Waals surface area contributed by atoms with Crippen molar-refractivity contribution in [2.24, 2.45) is 0 Å². The van der Waals surface area contributed by atoms with Crippen molar-refractivity contribution in [2.75, 3.05) is 20.8 Å². The second-order valence-corrected chi connectivity index (χ2v) is 6.07. The van der Waals surface area contributed by atoms with Gasteiger partial charge in [0, 0.05) is 25.6 Å². The molecule has 1 aliphatic rings. The average molecular weight is 355 g/mol. The topological polar surface area (TPSA) is 65.1 Å². The molecule has 0 saturated carbocycles. The number of methoxy groups -OCH3 is 2. The summed E-state index contributed by atoms with van der Waals surface area (Å²) in [7, 11) is 3.21. The van der Waals surface area contributed by atoms with E-state index in [9.17, 15) is 9.59 Å². The third kappa shape index (κ3) is 3.64. The second kappa shape index (κ2) is 7.47. The molecule has 0 atom stereocenters. The lowest BCUT2D eigenvalue weighted by Gasteiger charge is -2.29. The minimum absolute atomic E-state index is 0.0557. The van der Waals surface area contributed by atoms with Crippen molar-refractivity contribution < 1.29 is 23.8 Å². The summed E-state index contributed by atoms with van der Waals surface area (Å²) >= 11 is 0. The monoisotopic (exact) mass is 355 g/mol. The number of carbonyl (C=O) groups excluding carboxylic acids is 2. The fourth-order valence-electron chi connectivity index (χ4n) is 3.07. The van der Waals surface area contributed by atoms with E-state index in [1.54, 1.807) is 43.4 Å². The fourth-order valence-corrected chi connectivity index (χ4v) is 3.07. The number of hydrogen-bond donors (Lipinski definition) is 0. The van der Waals surface area contributed by atoms with Crippen molar-refractivity contribution in [3.63, 3.8) is 0 Å². The van der Waals surface area contributed by atoms with Gasteiger partial charge in [0.05, 0.1) is 14.2 Å². The van der Waals surface area contributed by atoms with Crippen LogP contribution in [0.4, 0.5) is 0 Å². The van der Waals surface area contributed by atoms with E-state index in [1.807, 2.05) is 12.1 Å². The predicted octanol–water partition coefficient (Wildman–Crippen LogP) is 2.83. The molecule has 1 heterocycles. The zero-order valence-electron chi connectivity index (χ0n) is 15.1. The smallest absolute Gasteiger partial charge is 0.308 e. The van der Waals surface area contributed by atoms with Gasteiger partial charge in [0.25, 0.3) is 5.91 Å². The van der Waals surface area contributed by atoms with Crippen LogP contribution in [0, 0.1) is 0 Å². The molecule has 0 bridgehead atoms. The van der Waals surface area contributed by atoms with E-state index >= 15 is 0 Å². The van der Waals surface area contributed by atoms with Crippen LogP contribution >= 0.6 is 0 Å². The average Bonchev–Trinajstić information content (AvgIpc) is 2.66. The SMILES string of the molecule is COc1cc2c(cc1OC)CN(C(=O)c1ccc(OC(C)=O)cc1)CC2. The Hall–Kier alpha value is -3.02. The van der Waals surface area contributed by atoms with Gasteiger partial charge in [0.2, 0.25) is 0 Å². The molecule has 2 aromatic rings. The van der Waals surface area contributed by atoms with Crippen LogP contribution in [-0.4, -0.2) is 37.5 Å². The molecule has 0 unspecified atom stereocenters. The summed E-state index contributed by atoms with van der Waals surface area (Å²) in [5.74, 6) is 1.34. The highest BCUT2D eigenvalue weighted by atomic mass is 16.5. The standard InChI is InChI=1S/C20H21NO5/c1-13(22)26-17-6-4-14(5-7-17)20(23)21-9-8-15-10-18(24-2)19(25-3)11-16(15)12-21/h4-7,10-11H,8-9,12H2,1-3H3. The number of carbonyl (C=O) groups is 2.